The van der Waals surface area contributed by atoms with Gasteiger partial charge in [0.2, 0.25) is 0 Å². The van der Waals surface area contributed by atoms with Crippen LogP contribution in [0.5, 0.6) is 5.75 Å². The van der Waals surface area contributed by atoms with Gasteiger partial charge in [-0.1, -0.05) is 12.1 Å². The Morgan fingerprint density at radius 3 is 2.88 bits per heavy atom. The Labute approximate surface area is 195 Å². The zero-order valence-corrected chi connectivity index (χ0v) is 19.3. The number of rotatable bonds is 5. The molecule has 0 saturated heterocycles. The summed E-state index contributed by atoms with van der Waals surface area (Å²) < 4.78 is 13.1. The number of thiazole rings is 1. The number of hydrogen-bond acceptors (Lipinski definition) is 6. The summed E-state index contributed by atoms with van der Waals surface area (Å²) >= 11 is 1.57. The van der Waals surface area contributed by atoms with Gasteiger partial charge in [-0.05, 0) is 56.7 Å². The molecular formula is C25H23N3O4S. The molecule has 0 aliphatic carbocycles. The minimum absolute atomic E-state index is 0.138. The molecule has 0 bridgehead atoms. The first kappa shape index (κ1) is 21.2. The number of aromatic nitrogens is 2. The van der Waals surface area contributed by atoms with Crippen molar-refractivity contribution in [2.45, 2.75) is 39.5 Å². The van der Waals surface area contributed by atoms with Crippen LogP contribution in [-0.2, 0) is 16.1 Å². The Bertz CT molecular complexity index is 1330. The maximum Gasteiger partial charge on any atom is 0.338 e. The van der Waals surface area contributed by atoms with E-state index in [1.54, 1.807) is 41.4 Å². The molecule has 3 heterocycles. The maximum atomic E-state index is 13.1. The Morgan fingerprint density at radius 2 is 2.09 bits per heavy atom. The number of carbonyl (C=O) groups excluding carboxylic acids is 2. The van der Waals surface area contributed by atoms with Gasteiger partial charge in [0.05, 0.1) is 29.6 Å². The number of anilines is 1. The van der Waals surface area contributed by atoms with Crippen LogP contribution >= 0.6 is 11.3 Å². The second-order valence-corrected chi connectivity index (χ2v) is 9.11. The van der Waals surface area contributed by atoms with Crippen LogP contribution in [0.1, 0.15) is 36.7 Å². The van der Waals surface area contributed by atoms with Gasteiger partial charge < -0.3 is 14.4 Å². The van der Waals surface area contributed by atoms with Gasteiger partial charge in [0.25, 0.3) is 5.91 Å². The molecule has 4 aromatic rings. The molecule has 8 heteroatoms. The number of imidazole rings is 1. The summed E-state index contributed by atoms with van der Waals surface area (Å²) in [6.45, 7) is 5.68. The minimum Gasteiger partial charge on any atom is -0.479 e. The Kier molecular flexibility index (Phi) is 5.38. The van der Waals surface area contributed by atoms with Crippen molar-refractivity contribution in [3.63, 3.8) is 0 Å². The van der Waals surface area contributed by atoms with Gasteiger partial charge >= 0.3 is 5.97 Å². The van der Waals surface area contributed by atoms with Crippen LogP contribution in [0.2, 0.25) is 0 Å². The molecule has 0 saturated carbocycles. The lowest BCUT2D eigenvalue weighted by Crippen LogP contribution is -2.44. The van der Waals surface area contributed by atoms with Crippen LogP contribution in [0.15, 0.2) is 60.2 Å². The standard InChI is InChI=1S/C25H23N3O4S/c1-15(2)31-24(30)19-6-4-5-17(11-19)13-28-21-12-18(7-8-22(21)32-16(3)23(28)29)20-14-27-9-10-33-25(27)26-20/h4-12,14-16H,13H2,1-3H3. The summed E-state index contributed by atoms with van der Waals surface area (Å²) in [7, 11) is 0. The molecule has 2 aromatic carbocycles. The quantitative estimate of drug-likeness (QED) is 0.394. The van der Waals surface area contributed by atoms with Crippen molar-refractivity contribution >= 4 is 33.9 Å². The number of esters is 1. The highest BCUT2D eigenvalue weighted by molar-refractivity contribution is 7.15. The normalized spacial score (nSPS) is 15.6. The molecular weight excluding hydrogens is 438 g/mol. The van der Waals surface area contributed by atoms with E-state index in [0.717, 1.165) is 21.8 Å². The minimum atomic E-state index is -0.601. The zero-order valence-electron chi connectivity index (χ0n) is 18.5. The summed E-state index contributed by atoms with van der Waals surface area (Å²) in [5, 5.41) is 1.99. The van der Waals surface area contributed by atoms with Crippen molar-refractivity contribution in [1.82, 2.24) is 9.38 Å². The molecule has 1 amide bonds. The lowest BCUT2D eigenvalue weighted by molar-refractivity contribution is -0.125. The Hall–Kier alpha value is -3.65. The highest BCUT2D eigenvalue weighted by Crippen LogP contribution is 2.38. The van der Waals surface area contributed by atoms with Crippen molar-refractivity contribution < 1.29 is 19.1 Å². The third-order valence-corrected chi connectivity index (χ3v) is 6.17. The zero-order chi connectivity index (χ0) is 23.1. The predicted molar refractivity (Wildman–Crippen MR) is 127 cm³/mol. The molecule has 0 N–H and O–H groups in total. The molecule has 1 unspecified atom stereocenters. The number of fused-ring (bicyclic) bond motifs is 2. The van der Waals surface area contributed by atoms with Crippen molar-refractivity contribution in [3.05, 3.63) is 71.4 Å². The van der Waals surface area contributed by atoms with E-state index in [1.165, 1.54) is 0 Å². The molecule has 7 nitrogen and oxygen atoms in total. The van der Waals surface area contributed by atoms with Crippen molar-refractivity contribution in [2.75, 3.05) is 4.90 Å². The lowest BCUT2D eigenvalue weighted by Gasteiger charge is -2.33. The summed E-state index contributed by atoms with van der Waals surface area (Å²) in [5.74, 6) is 0.124. The van der Waals surface area contributed by atoms with Crippen LogP contribution < -0.4 is 9.64 Å². The fraction of sp³-hybridized carbons (Fsp3) is 0.240. The molecule has 1 aliphatic heterocycles. The van der Waals surface area contributed by atoms with E-state index in [0.29, 0.717) is 23.5 Å². The first-order valence-corrected chi connectivity index (χ1v) is 11.6. The van der Waals surface area contributed by atoms with E-state index < -0.39 is 6.10 Å². The van der Waals surface area contributed by atoms with Crippen LogP contribution in [0.4, 0.5) is 5.69 Å². The average molecular weight is 462 g/mol. The van der Waals surface area contributed by atoms with Gasteiger partial charge in [-0.25, -0.2) is 9.78 Å². The van der Waals surface area contributed by atoms with Gasteiger partial charge in [0, 0.05) is 23.3 Å². The lowest BCUT2D eigenvalue weighted by atomic mass is 10.1. The molecule has 1 aliphatic rings. The number of nitrogens with zero attached hydrogens (tertiary/aromatic N) is 3. The molecule has 2 aromatic heterocycles. The maximum absolute atomic E-state index is 13.1. The van der Waals surface area contributed by atoms with Crippen molar-refractivity contribution in [3.8, 4) is 17.0 Å². The van der Waals surface area contributed by atoms with E-state index in [1.807, 2.05) is 60.3 Å². The van der Waals surface area contributed by atoms with E-state index in [-0.39, 0.29) is 18.0 Å². The van der Waals surface area contributed by atoms with Gasteiger partial charge in [-0.3, -0.25) is 9.20 Å². The largest absolute Gasteiger partial charge is 0.479 e. The monoisotopic (exact) mass is 461 g/mol. The molecule has 33 heavy (non-hydrogen) atoms. The SMILES string of the molecule is CC(C)OC(=O)c1cccc(CN2C(=O)C(C)Oc3ccc(-c4cn5ccsc5n4)cc32)c1. The van der Waals surface area contributed by atoms with Gasteiger partial charge in [0.15, 0.2) is 11.1 Å². The van der Waals surface area contributed by atoms with Crippen LogP contribution in [0.3, 0.4) is 0 Å². The number of ether oxygens (including phenoxy) is 2. The fourth-order valence-corrected chi connectivity index (χ4v) is 4.56. The van der Waals surface area contributed by atoms with E-state index in [4.69, 9.17) is 9.47 Å². The Balaban J connectivity index is 1.49. The van der Waals surface area contributed by atoms with Gasteiger partial charge in [-0.15, -0.1) is 11.3 Å². The van der Waals surface area contributed by atoms with Crippen LogP contribution in [0.25, 0.3) is 16.2 Å². The summed E-state index contributed by atoms with van der Waals surface area (Å²) in [6.07, 6.45) is 3.13. The second kappa shape index (κ2) is 8.37. The van der Waals surface area contributed by atoms with Crippen LogP contribution in [-0.4, -0.2) is 33.5 Å². The number of amides is 1. The number of benzene rings is 2. The van der Waals surface area contributed by atoms with E-state index >= 15 is 0 Å². The van der Waals surface area contributed by atoms with E-state index in [2.05, 4.69) is 4.98 Å². The average Bonchev–Trinajstić information content (AvgIpc) is 3.39. The van der Waals surface area contributed by atoms with Gasteiger partial charge in [0.1, 0.15) is 5.75 Å². The van der Waals surface area contributed by atoms with Crippen LogP contribution in [0, 0.1) is 0 Å². The molecule has 168 valence electrons. The van der Waals surface area contributed by atoms with Crippen molar-refractivity contribution in [1.29, 1.82) is 0 Å². The smallest absolute Gasteiger partial charge is 0.338 e. The molecule has 0 radical (unpaired) electrons. The Morgan fingerprint density at radius 1 is 1.24 bits per heavy atom. The topological polar surface area (TPSA) is 73.1 Å². The molecule has 0 fully saturated rings. The molecule has 0 spiro atoms. The summed E-state index contributed by atoms with van der Waals surface area (Å²) in [4.78, 5) is 32.7. The fourth-order valence-electron chi connectivity index (χ4n) is 3.86. The predicted octanol–water partition coefficient (Wildman–Crippen LogP) is 4.94. The second-order valence-electron chi connectivity index (χ2n) is 8.24. The first-order chi connectivity index (χ1) is 15.9. The third-order valence-electron chi connectivity index (χ3n) is 5.40. The van der Waals surface area contributed by atoms with Crippen molar-refractivity contribution in [2.24, 2.45) is 0 Å². The number of hydrogen-bond donors (Lipinski definition) is 0. The summed E-state index contributed by atoms with van der Waals surface area (Å²) in [5.41, 5.74) is 3.70. The summed E-state index contributed by atoms with van der Waals surface area (Å²) in [6, 6.07) is 12.9. The number of carbonyl (C=O) groups is 2. The first-order valence-electron chi connectivity index (χ1n) is 10.7. The van der Waals surface area contributed by atoms with Gasteiger partial charge in [-0.2, -0.15) is 0 Å². The highest BCUT2D eigenvalue weighted by atomic mass is 32.1. The molecule has 1 atom stereocenters. The third kappa shape index (κ3) is 4.09. The highest BCUT2D eigenvalue weighted by Gasteiger charge is 2.32. The van der Waals surface area contributed by atoms with E-state index in [9.17, 15) is 9.59 Å². The molecule has 5 rings (SSSR count).